The zero-order valence-electron chi connectivity index (χ0n) is 2.38. The first-order chi connectivity index (χ1) is 2.50. The van der Waals surface area contributed by atoms with Gasteiger partial charge in [-0.15, -0.1) is 10.2 Å². The molecule has 0 saturated carbocycles. The third-order valence-electron chi connectivity index (χ3n) is 0.251. The minimum atomic E-state index is 1.21. The van der Waals surface area contributed by atoms with Crippen LogP contribution in [0.1, 0.15) is 0 Å². The summed E-state index contributed by atoms with van der Waals surface area (Å²) in [6.07, 6.45) is 3.33. The van der Waals surface area contributed by atoms with Crippen LogP contribution in [0, 0.1) is 6.39 Å². The molecule has 0 fully saturated rings. The second kappa shape index (κ2) is 0.839. The highest BCUT2D eigenvalue weighted by Crippen LogP contribution is 1.62. The lowest BCUT2D eigenvalue weighted by Crippen LogP contribution is -1.54. The largest absolute Gasteiger partial charge is 0.420 e. The van der Waals surface area contributed by atoms with Gasteiger partial charge in [-0.3, -0.25) is 0 Å². The SMILES string of the molecule is [c]1nnco1. The summed E-state index contributed by atoms with van der Waals surface area (Å²) >= 11 is 0. The summed E-state index contributed by atoms with van der Waals surface area (Å²) < 4.78 is 4.24. The van der Waals surface area contributed by atoms with Gasteiger partial charge in [0.15, 0.2) is 0 Å². The molecule has 0 spiro atoms. The Morgan fingerprint density at radius 2 is 2.80 bits per heavy atom. The van der Waals surface area contributed by atoms with Gasteiger partial charge in [0.1, 0.15) is 0 Å². The molecule has 1 radical (unpaired) electrons. The van der Waals surface area contributed by atoms with Crippen molar-refractivity contribution in [2.45, 2.75) is 0 Å². The minimum absolute atomic E-state index is 1.21. The summed E-state index contributed by atoms with van der Waals surface area (Å²) in [6.45, 7) is 0. The van der Waals surface area contributed by atoms with Crippen LogP contribution in [0.2, 0.25) is 0 Å². The van der Waals surface area contributed by atoms with Crippen LogP contribution in [0.4, 0.5) is 0 Å². The monoisotopic (exact) mass is 69.0 g/mol. The zero-order chi connectivity index (χ0) is 3.54. The van der Waals surface area contributed by atoms with Crippen LogP contribution in [-0.2, 0) is 0 Å². The molecule has 1 rings (SSSR count). The molecule has 0 unspecified atom stereocenters. The predicted octanol–water partition coefficient (Wildman–Crippen LogP) is -0.130. The van der Waals surface area contributed by atoms with Crippen LogP contribution in [0.5, 0.6) is 0 Å². The van der Waals surface area contributed by atoms with E-state index >= 15 is 0 Å². The Kier molecular flexibility index (Phi) is 0.400. The van der Waals surface area contributed by atoms with E-state index in [-0.39, 0.29) is 0 Å². The van der Waals surface area contributed by atoms with E-state index in [1.54, 1.807) is 0 Å². The van der Waals surface area contributed by atoms with Crippen LogP contribution in [0.25, 0.3) is 0 Å². The fourth-order valence-electron chi connectivity index (χ4n) is 0.118. The standard InChI is InChI=1S/C2HN2O/c1-3-4-2-5-1/h1H. The molecule has 25 valence electrons. The molecule has 0 bridgehead atoms. The van der Waals surface area contributed by atoms with Gasteiger partial charge in [0.2, 0.25) is 6.39 Å². The highest BCUT2D eigenvalue weighted by molar-refractivity contribution is 4.26. The maximum absolute atomic E-state index is 4.24. The summed E-state index contributed by atoms with van der Waals surface area (Å²) in [7, 11) is 0. The first-order valence-corrected chi connectivity index (χ1v) is 1.12. The van der Waals surface area contributed by atoms with Crippen molar-refractivity contribution in [1.29, 1.82) is 0 Å². The molecule has 0 N–H and O–H groups in total. The number of aromatic nitrogens is 2. The molecule has 0 aliphatic rings. The summed E-state index contributed by atoms with van der Waals surface area (Å²) in [5, 5.41) is 6.43. The molecule has 0 aliphatic heterocycles. The van der Waals surface area contributed by atoms with Crippen LogP contribution in [0.3, 0.4) is 0 Å². The van der Waals surface area contributed by atoms with Gasteiger partial charge in [-0.2, -0.15) is 0 Å². The molecule has 0 aromatic carbocycles. The van der Waals surface area contributed by atoms with Crippen molar-refractivity contribution >= 4 is 0 Å². The first kappa shape index (κ1) is 2.38. The van der Waals surface area contributed by atoms with Gasteiger partial charge < -0.3 is 4.42 Å². The maximum atomic E-state index is 4.24. The quantitative estimate of drug-likeness (QED) is 0.426. The predicted molar refractivity (Wildman–Crippen MR) is 13.1 cm³/mol. The molecular weight excluding hydrogens is 68.0 g/mol. The van der Waals surface area contributed by atoms with E-state index in [0.717, 1.165) is 0 Å². The Balaban J connectivity index is 3.13. The van der Waals surface area contributed by atoms with Crippen molar-refractivity contribution in [3.05, 3.63) is 12.8 Å². The number of hydrogen-bond acceptors (Lipinski definition) is 3. The second-order valence-electron chi connectivity index (χ2n) is 0.530. The van der Waals surface area contributed by atoms with Gasteiger partial charge in [-0.05, 0) is 0 Å². The van der Waals surface area contributed by atoms with Crippen LogP contribution in [-0.4, -0.2) is 10.2 Å². The molecule has 1 heterocycles. The normalized spacial score (nSPS) is 8.00. The average Bonchev–Trinajstić information content (AvgIpc) is 1.76. The third-order valence-corrected chi connectivity index (χ3v) is 0.251. The van der Waals surface area contributed by atoms with Crippen molar-refractivity contribution in [1.82, 2.24) is 10.2 Å². The summed E-state index contributed by atoms with van der Waals surface area (Å²) in [6, 6.07) is 0. The van der Waals surface area contributed by atoms with E-state index in [1.165, 1.54) is 6.39 Å². The molecule has 3 heteroatoms. The van der Waals surface area contributed by atoms with Gasteiger partial charge in [-0.1, -0.05) is 0 Å². The van der Waals surface area contributed by atoms with Crippen LogP contribution in [0.15, 0.2) is 10.8 Å². The van der Waals surface area contributed by atoms with Crippen molar-refractivity contribution in [2.75, 3.05) is 0 Å². The first-order valence-electron chi connectivity index (χ1n) is 1.12. The lowest BCUT2D eigenvalue weighted by molar-refractivity contribution is 0.543. The second-order valence-corrected chi connectivity index (χ2v) is 0.530. The summed E-state index contributed by atoms with van der Waals surface area (Å²) in [4.78, 5) is 0. The van der Waals surface area contributed by atoms with E-state index < -0.39 is 0 Å². The smallest absolute Gasteiger partial charge is 0.305 e. The molecule has 0 saturated heterocycles. The van der Waals surface area contributed by atoms with E-state index in [0.29, 0.717) is 0 Å². The summed E-state index contributed by atoms with van der Waals surface area (Å²) in [5.74, 6) is 0. The van der Waals surface area contributed by atoms with Gasteiger partial charge >= 0.3 is 6.39 Å². The Bertz CT molecular complexity index is 64.1. The Hall–Kier alpha value is -0.860. The third kappa shape index (κ3) is 0.238. The fourth-order valence-corrected chi connectivity index (χ4v) is 0.118. The lowest BCUT2D eigenvalue weighted by Gasteiger charge is -1.41. The Morgan fingerprint density at radius 3 is 3.00 bits per heavy atom. The van der Waals surface area contributed by atoms with Crippen LogP contribution < -0.4 is 0 Å². The van der Waals surface area contributed by atoms with E-state index in [1.807, 2.05) is 0 Å². The van der Waals surface area contributed by atoms with Crippen molar-refractivity contribution in [3.8, 4) is 0 Å². The minimum Gasteiger partial charge on any atom is -0.420 e. The summed E-state index contributed by atoms with van der Waals surface area (Å²) in [5.41, 5.74) is 0. The Morgan fingerprint density at radius 1 is 1.80 bits per heavy atom. The van der Waals surface area contributed by atoms with Crippen LogP contribution >= 0.6 is 0 Å². The molecule has 0 atom stereocenters. The van der Waals surface area contributed by atoms with Gasteiger partial charge in [-0.25, -0.2) is 0 Å². The van der Waals surface area contributed by atoms with Gasteiger partial charge in [0, 0.05) is 0 Å². The highest BCUT2D eigenvalue weighted by Gasteiger charge is 1.63. The molecule has 5 heavy (non-hydrogen) atoms. The Labute approximate surface area is 28.6 Å². The van der Waals surface area contributed by atoms with Gasteiger partial charge in [0.05, 0.1) is 0 Å². The molecule has 3 nitrogen and oxygen atoms in total. The van der Waals surface area contributed by atoms with Crippen molar-refractivity contribution in [3.63, 3.8) is 0 Å². The number of hydrogen-bond donors (Lipinski definition) is 0. The van der Waals surface area contributed by atoms with E-state index in [2.05, 4.69) is 21.0 Å². The van der Waals surface area contributed by atoms with Crippen molar-refractivity contribution in [2.24, 2.45) is 0 Å². The number of nitrogens with zero attached hydrogens (tertiary/aromatic N) is 2. The topological polar surface area (TPSA) is 38.9 Å². The van der Waals surface area contributed by atoms with Gasteiger partial charge in [0.25, 0.3) is 0 Å². The van der Waals surface area contributed by atoms with Crippen molar-refractivity contribution < 1.29 is 4.42 Å². The maximum Gasteiger partial charge on any atom is 0.305 e. The zero-order valence-corrected chi connectivity index (χ0v) is 2.38. The van der Waals surface area contributed by atoms with E-state index in [4.69, 9.17) is 0 Å². The highest BCUT2D eigenvalue weighted by atomic mass is 16.3. The molecule has 1 aromatic rings. The molecular formula is C2HN2O. The lowest BCUT2D eigenvalue weighted by atomic mass is 11.5. The average molecular weight is 69.0 g/mol. The fraction of sp³-hybridized carbons (Fsp3) is 0. The molecule has 1 aromatic heterocycles. The molecule has 0 amide bonds. The molecule has 0 aliphatic carbocycles. The van der Waals surface area contributed by atoms with E-state index in [9.17, 15) is 0 Å². The number of rotatable bonds is 0.